The first-order valence-electron chi connectivity index (χ1n) is 4.87. The van der Waals surface area contributed by atoms with Crippen LogP contribution in [0, 0.1) is 5.92 Å². The first kappa shape index (κ1) is 11.7. The smallest absolute Gasteiger partial charge is 0.326 e. The Morgan fingerprint density at radius 1 is 1.67 bits per heavy atom. The van der Waals surface area contributed by atoms with Crippen LogP contribution in [0.4, 0.5) is 0 Å². The number of carboxylic acids is 1. The summed E-state index contributed by atoms with van der Waals surface area (Å²) < 4.78 is 5.05. The molecule has 1 amide bonds. The molecule has 1 aliphatic rings. The number of ether oxygens (including phenoxy) is 1. The molecular weight excluding hydrogens is 198 g/mol. The van der Waals surface area contributed by atoms with Gasteiger partial charge in [0.25, 0.3) is 0 Å². The van der Waals surface area contributed by atoms with Crippen LogP contribution in [-0.4, -0.2) is 36.2 Å². The minimum absolute atomic E-state index is 0.211. The summed E-state index contributed by atoms with van der Waals surface area (Å²) in [7, 11) is 0. The first-order chi connectivity index (χ1) is 7.15. The molecule has 0 aromatic rings. The maximum atomic E-state index is 11.5. The third-order valence-electron chi connectivity index (χ3n) is 2.32. The molecule has 0 aliphatic carbocycles. The molecule has 0 unspecified atom stereocenters. The fourth-order valence-corrected chi connectivity index (χ4v) is 1.42. The Kier molecular flexibility index (Phi) is 4.30. The summed E-state index contributed by atoms with van der Waals surface area (Å²) in [6.07, 6.45) is 2.37. The Labute approximate surface area is 88.1 Å². The molecule has 0 bridgehead atoms. The largest absolute Gasteiger partial charge is 0.480 e. The van der Waals surface area contributed by atoms with Gasteiger partial charge in [0.1, 0.15) is 6.04 Å². The molecule has 5 heteroatoms. The zero-order valence-electron chi connectivity index (χ0n) is 8.44. The molecule has 5 nitrogen and oxygen atoms in total. The number of nitrogens with one attached hydrogen (secondary N) is 1. The number of amides is 1. The summed E-state index contributed by atoms with van der Waals surface area (Å²) in [5.74, 6) is -1.50. The van der Waals surface area contributed by atoms with Gasteiger partial charge in [0.15, 0.2) is 0 Å². The van der Waals surface area contributed by atoms with Crippen LogP contribution in [-0.2, 0) is 14.3 Å². The third-order valence-corrected chi connectivity index (χ3v) is 2.32. The van der Waals surface area contributed by atoms with Crippen molar-refractivity contribution in [2.75, 3.05) is 13.2 Å². The highest BCUT2D eigenvalue weighted by Crippen LogP contribution is 2.12. The van der Waals surface area contributed by atoms with E-state index in [2.05, 4.69) is 11.9 Å². The van der Waals surface area contributed by atoms with Crippen molar-refractivity contribution in [2.45, 2.75) is 18.9 Å². The first-order valence-corrected chi connectivity index (χ1v) is 4.87. The van der Waals surface area contributed by atoms with Gasteiger partial charge in [0.05, 0.1) is 12.5 Å². The predicted octanol–water partition coefficient (Wildman–Crippen LogP) is 0.168. The molecule has 0 spiro atoms. The molecule has 1 fully saturated rings. The molecular formula is C10H15NO4. The lowest BCUT2D eigenvalue weighted by molar-refractivity contribution is -0.142. The SMILES string of the molecule is C=CC[C@H](NC(=O)[C@@H]1CCOC1)C(=O)O. The fourth-order valence-electron chi connectivity index (χ4n) is 1.42. The fraction of sp³-hybridized carbons (Fsp3) is 0.600. The number of aliphatic carboxylic acids is 1. The Balaban J connectivity index is 2.45. The van der Waals surface area contributed by atoms with Crippen LogP contribution in [0.5, 0.6) is 0 Å². The highest BCUT2D eigenvalue weighted by Gasteiger charge is 2.27. The lowest BCUT2D eigenvalue weighted by atomic mass is 10.1. The van der Waals surface area contributed by atoms with Crippen LogP contribution in [0.3, 0.4) is 0 Å². The maximum Gasteiger partial charge on any atom is 0.326 e. The minimum Gasteiger partial charge on any atom is -0.480 e. The summed E-state index contributed by atoms with van der Waals surface area (Å²) in [6, 6.07) is -0.879. The molecule has 15 heavy (non-hydrogen) atoms. The van der Waals surface area contributed by atoms with Gasteiger partial charge in [-0.25, -0.2) is 4.79 Å². The summed E-state index contributed by atoms with van der Waals surface area (Å²) in [5, 5.41) is 11.3. The second-order valence-electron chi connectivity index (χ2n) is 3.48. The molecule has 0 aromatic heterocycles. The van der Waals surface area contributed by atoms with E-state index in [1.807, 2.05) is 0 Å². The topological polar surface area (TPSA) is 75.6 Å². The van der Waals surface area contributed by atoms with Crippen molar-refractivity contribution in [3.8, 4) is 0 Å². The van der Waals surface area contributed by atoms with E-state index in [4.69, 9.17) is 9.84 Å². The van der Waals surface area contributed by atoms with Gasteiger partial charge in [-0.05, 0) is 12.8 Å². The van der Waals surface area contributed by atoms with Gasteiger partial charge in [-0.1, -0.05) is 6.08 Å². The van der Waals surface area contributed by atoms with Crippen molar-refractivity contribution in [1.29, 1.82) is 0 Å². The lowest BCUT2D eigenvalue weighted by Gasteiger charge is -2.14. The average Bonchev–Trinajstić information content (AvgIpc) is 2.69. The van der Waals surface area contributed by atoms with Gasteiger partial charge in [-0.15, -0.1) is 6.58 Å². The van der Waals surface area contributed by atoms with E-state index in [1.54, 1.807) is 0 Å². The van der Waals surface area contributed by atoms with Crippen molar-refractivity contribution in [3.05, 3.63) is 12.7 Å². The van der Waals surface area contributed by atoms with Crippen molar-refractivity contribution in [1.82, 2.24) is 5.32 Å². The Morgan fingerprint density at radius 2 is 2.40 bits per heavy atom. The zero-order chi connectivity index (χ0) is 11.3. The van der Waals surface area contributed by atoms with Gasteiger partial charge in [-0.2, -0.15) is 0 Å². The van der Waals surface area contributed by atoms with E-state index in [9.17, 15) is 9.59 Å². The predicted molar refractivity (Wildman–Crippen MR) is 53.3 cm³/mol. The van der Waals surface area contributed by atoms with Gasteiger partial charge in [0.2, 0.25) is 5.91 Å². The Bertz CT molecular complexity index is 258. The summed E-state index contributed by atoms with van der Waals surface area (Å²) in [5.41, 5.74) is 0. The number of hydrogen-bond donors (Lipinski definition) is 2. The Morgan fingerprint density at radius 3 is 2.87 bits per heavy atom. The molecule has 2 N–H and O–H groups in total. The third kappa shape index (κ3) is 3.36. The summed E-state index contributed by atoms with van der Waals surface area (Å²) in [6.45, 7) is 4.40. The average molecular weight is 213 g/mol. The zero-order valence-corrected chi connectivity index (χ0v) is 8.44. The van der Waals surface area contributed by atoms with E-state index in [-0.39, 0.29) is 18.2 Å². The second kappa shape index (κ2) is 5.50. The highest BCUT2D eigenvalue weighted by atomic mass is 16.5. The maximum absolute atomic E-state index is 11.5. The van der Waals surface area contributed by atoms with Gasteiger partial charge >= 0.3 is 5.97 Å². The lowest BCUT2D eigenvalue weighted by Crippen LogP contribution is -2.43. The van der Waals surface area contributed by atoms with E-state index in [0.717, 1.165) is 0 Å². The van der Waals surface area contributed by atoms with Crippen LogP contribution in [0.1, 0.15) is 12.8 Å². The quantitative estimate of drug-likeness (QED) is 0.638. The number of carboxylic acid groups (broad SMARTS) is 1. The van der Waals surface area contributed by atoms with Crippen molar-refractivity contribution in [2.24, 2.45) is 5.92 Å². The molecule has 2 atom stereocenters. The molecule has 1 saturated heterocycles. The molecule has 0 aromatic carbocycles. The van der Waals surface area contributed by atoms with Crippen molar-refractivity contribution < 1.29 is 19.4 Å². The summed E-state index contributed by atoms with van der Waals surface area (Å²) >= 11 is 0. The van der Waals surface area contributed by atoms with Crippen LogP contribution in [0.25, 0.3) is 0 Å². The molecule has 84 valence electrons. The monoisotopic (exact) mass is 213 g/mol. The molecule has 0 radical (unpaired) electrons. The van der Waals surface area contributed by atoms with Crippen LogP contribution in [0.15, 0.2) is 12.7 Å². The van der Waals surface area contributed by atoms with Gasteiger partial charge < -0.3 is 15.2 Å². The normalized spacial score (nSPS) is 22.0. The van der Waals surface area contributed by atoms with E-state index in [1.165, 1.54) is 6.08 Å². The standard InChI is InChI=1S/C10H15NO4/c1-2-3-8(10(13)14)11-9(12)7-4-5-15-6-7/h2,7-8H,1,3-6H2,(H,11,12)(H,13,14)/t7-,8+/m1/s1. The molecule has 0 saturated carbocycles. The number of rotatable bonds is 5. The van der Waals surface area contributed by atoms with Gasteiger partial charge in [0, 0.05) is 6.61 Å². The van der Waals surface area contributed by atoms with Crippen molar-refractivity contribution in [3.63, 3.8) is 0 Å². The van der Waals surface area contributed by atoms with Gasteiger partial charge in [-0.3, -0.25) is 4.79 Å². The van der Waals surface area contributed by atoms with E-state index in [0.29, 0.717) is 19.6 Å². The molecule has 1 aliphatic heterocycles. The second-order valence-corrected chi connectivity index (χ2v) is 3.48. The molecule has 1 heterocycles. The number of carbonyl (C=O) groups is 2. The Hall–Kier alpha value is -1.36. The molecule has 1 rings (SSSR count). The summed E-state index contributed by atoms with van der Waals surface area (Å²) in [4.78, 5) is 22.3. The number of hydrogen-bond acceptors (Lipinski definition) is 3. The van der Waals surface area contributed by atoms with Crippen LogP contribution in [0.2, 0.25) is 0 Å². The van der Waals surface area contributed by atoms with Crippen molar-refractivity contribution >= 4 is 11.9 Å². The highest BCUT2D eigenvalue weighted by molar-refractivity contribution is 5.85. The van der Waals surface area contributed by atoms with E-state index >= 15 is 0 Å². The van der Waals surface area contributed by atoms with Crippen LogP contribution >= 0.6 is 0 Å². The van der Waals surface area contributed by atoms with Crippen LogP contribution < -0.4 is 5.32 Å². The number of carbonyl (C=O) groups excluding carboxylic acids is 1. The van der Waals surface area contributed by atoms with E-state index < -0.39 is 12.0 Å². The minimum atomic E-state index is -1.04.